The Labute approximate surface area is 235 Å². The van der Waals surface area contributed by atoms with E-state index >= 15 is 0 Å². The molecule has 1 aliphatic heterocycles. The maximum absolute atomic E-state index is 12.9. The van der Waals surface area contributed by atoms with E-state index in [-0.39, 0.29) is 40.5 Å². The Morgan fingerprint density at radius 1 is 1.25 bits per heavy atom. The molecule has 0 aromatic heterocycles. The molecule has 1 fully saturated rings. The van der Waals surface area contributed by atoms with E-state index < -0.39 is 40.4 Å². The van der Waals surface area contributed by atoms with Crippen molar-refractivity contribution >= 4 is 50.3 Å². The molecule has 222 valence electrons. The third kappa shape index (κ3) is 11.4. The van der Waals surface area contributed by atoms with Crippen molar-refractivity contribution in [2.45, 2.75) is 58.4 Å². The second kappa shape index (κ2) is 16.1. The smallest absolute Gasteiger partial charge is 0.350 e. The van der Waals surface area contributed by atoms with Crippen molar-refractivity contribution in [3.63, 3.8) is 0 Å². The van der Waals surface area contributed by atoms with Gasteiger partial charge < -0.3 is 15.5 Å². The second-order valence-corrected chi connectivity index (χ2v) is 11.4. The Kier molecular flexibility index (Phi) is 14.0. The quantitative estimate of drug-likeness (QED) is 0.0597. The highest BCUT2D eigenvalue weighted by Gasteiger charge is 2.33. The minimum Gasteiger partial charge on any atom is -0.454 e. The molecule has 17 heteroatoms. The molecule has 0 spiro atoms. The fourth-order valence-electron chi connectivity index (χ4n) is 3.50. The highest BCUT2D eigenvalue weighted by atomic mass is 32.2. The van der Waals surface area contributed by atoms with Crippen LogP contribution in [-0.2, 0) is 33.9 Å². The topological polar surface area (TPSA) is 190 Å². The molecule has 0 aromatic rings. The van der Waals surface area contributed by atoms with Gasteiger partial charge in [0.1, 0.15) is 12.4 Å². The zero-order valence-electron chi connectivity index (χ0n) is 22.4. The zero-order valence-corrected chi connectivity index (χ0v) is 24.1. The molecule has 0 aromatic carbocycles. The molecule has 3 N–H and O–H groups in total. The number of rotatable bonds is 13. The predicted molar refractivity (Wildman–Crippen MR) is 144 cm³/mol. The normalized spacial score (nSPS) is 19.3. The van der Waals surface area contributed by atoms with Gasteiger partial charge in [0, 0.05) is 11.7 Å². The van der Waals surface area contributed by atoms with Crippen LogP contribution in [0.4, 0.5) is 8.78 Å². The van der Waals surface area contributed by atoms with Crippen LogP contribution in [0.2, 0.25) is 0 Å². The summed E-state index contributed by atoms with van der Waals surface area (Å²) in [6, 6.07) is -1.80. The third-order valence-corrected chi connectivity index (χ3v) is 7.04. The second-order valence-electron chi connectivity index (χ2n) is 8.63. The number of Topliss-reactive ketones (excluding diaryl/α,β-unsaturated/α-hetero) is 3. The number of carbonyl (C=O) groups is 4. The van der Waals surface area contributed by atoms with Crippen molar-refractivity contribution in [1.82, 2.24) is 9.62 Å². The van der Waals surface area contributed by atoms with Crippen LogP contribution in [0.1, 0.15) is 40.5 Å². The van der Waals surface area contributed by atoms with Crippen LogP contribution in [0.25, 0.3) is 0 Å². The van der Waals surface area contributed by atoms with Gasteiger partial charge in [-0.2, -0.15) is 19.0 Å². The maximum Gasteiger partial charge on any atom is 0.350 e. The van der Waals surface area contributed by atoms with E-state index in [1.54, 1.807) is 6.08 Å². The van der Waals surface area contributed by atoms with Gasteiger partial charge in [-0.3, -0.25) is 14.4 Å². The van der Waals surface area contributed by atoms with E-state index in [0.717, 1.165) is 0 Å². The Bertz CT molecular complexity index is 1230. The number of piperidine rings is 1. The summed E-state index contributed by atoms with van der Waals surface area (Å²) < 4.78 is 55.6. The summed E-state index contributed by atoms with van der Waals surface area (Å²) in [6.07, 6.45) is 3.62. The number of nitrogens with one attached hydrogen (secondary N) is 1. The Morgan fingerprint density at radius 3 is 2.42 bits per heavy atom. The van der Waals surface area contributed by atoms with E-state index in [1.807, 2.05) is 4.72 Å². The largest absolute Gasteiger partial charge is 0.454 e. The van der Waals surface area contributed by atoms with E-state index in [2.05, 4.69) is 21.9 Å². The molecule has 1 heterocycles. The van der Waals surface area contributed by atoms with Crippen LogP contribution in [0, 0.1) is 0 Å². The number of nitrogens with two attached hydrogens (primary N) is 1. The van der Waals surface area contributed by atoms with Gasteiger partial charge in [-0.25, -0.2) is 17.9 Å². The van der Waals surface area contributed by atoms with Crippen LogP contribution < -0.4 is 10.6 Å². The summed E-state index contributed by atoms with van der Waals surface area (Å²) in [5, 5.41) is 11.0. The lowest BCUT2D eigenvalue weighted by Gasteiger charge is -2.39. The van der Waals surface area contributed by atoms with Crippen molar-refractivity contribution in [3.05, 3.63) is 34.9 Å². The van der Waals surface area contributed by atoms with Crippen molar-refractivity contribution < 1.29 is 41.1 Å². The van der Waals surface area contributed by atoms with E-state index in [4.69, 9.17) is 10.6 Å². The van der Waals surface area contributed by atoms with E-state index in [9.17, 15) is 36.4 Å². The van der Waals surface area contributed by atoms with Gasteiger partial charge in [0.15, 0.2) is 11.6 Å². The molecule has 1 rings (SSSR count). The van der Waals surface area contributed by atoms with Gasteiger partial charge in [0.05, 0.1) is 24.0 Å². The van der Waals surface area contributed by atoms with Gasteiger partial charge in [0.2, 0.25) is 5.17 Å². The minimum atomic E-state index is -4.91. The number of esters is 1. The summed E-state index contributed by atoms with van der Waals surface area (Å²) in [5.41, 5.74) is 0.877. The fourth-order valence-corrected chi connectivity index (χ4v) is 4.70. The summed E-state index contributed by atoms with van der Waals surface area (Å²) in [4.78, 5) is 48.4. The lowest BCUT2D eigenvalue weighted by atomic mass is 9.91. The number of hydrogen-bond acceptors (Lipinski definition) is 12. The van der Waals surface area contributed by atoms with Crippen molar-refractivity contribution in [3.8, 4) is 0 Å². The number of allylic oxidation sites excluding steroid dienone is 1. The number of hydrazone groups is 1. The van der Waals surface area contributed by atoms with E-state index in [0.29, 0.717) is 35.9 Å². The summed E-state index contributed by atoms with van der Waals surface area (Å²) in [6.45, 7) is 8.10. The number of alkyl halides is 2. The number of carbonyl (C=O) groups excluding carboxylic acids is 4. The highest BCUT2D eigenvalue weighted by Crippen LogP contribution is 2.32. The highest BCUT2D eigenvalue weighted by molar-refractivity contribution is 8.17. The van der Waals surface area contributed by atoms with Gasteiger partial charge in [0.25, 0.3) is 10.0 Å². The van der Waals surface area contributed by atoms with Crippen LogP contribution in [0.3, 0.4) is 0 Å². The first-order valence-electron chi connectivity index (χ1n) is 11.7. The molecule has 40 heavy (non-hydrogen) atoms. The zero-order chi connectivity index (χ0) is 30.6. The summed E-state index contributed by atoms with van der Waals surface area (Å²) in [5.74, 6) is -0.0828. The number of halogens is 2. The Hall–Kier alpha value is -3.31. The number of ether oxygens (including phenoxy) is 1. The fraction of sp³-hybridized carbons (Fsp3) is 0.522. The molecule has 0 bridgehead atoms. The van der Waals surface area contributed by atoms with Crippen LogP contribution in [0.15, 0.2) is 50.2 Å². The monoisotopic (exact) mass is 606 g/mol. The van der Waals surface area contributed by atoms with E-state index in [1.165, 1.54) is 38.7 Å². The maximum atomic E-state index is 12.9. The molecule has 0 aliphatic carbocycles. The lowest BCUT2D eigenvalue weighted by molar-refractivity contribution is -0.142. The summed E-state index contributed by atoms with van der Waals surface area (Å²) in [7, 11) is -4.91. The number of sulfonamides is 1. The number of azo groups is 1. The summed E-state index contributed by atoms with van der Waals surface area (Å²) >= 11 is 0.660. The molecule has 1 aliphatic rings. The first-order chi connectivity index (χ1) is 18.6. The molecular weight excluding hydrogens is 574 g/mol. The minimum absolute atomic E-state index is 0.0662. The molecular formula is C23H32F2N6O7S2. The van der Waals surface area contributed by atoms with Crippen LogP contribution in [-0.4, -0.2) is 79.3 Å². The van der Waals surface area contributed by atoms with Crippen molar-refractivity contribution in [2.24, 2.45) is 21.2 Å². The predicted octanol–water partition coefficient (Wildman–Crippen LogP) is 2.03. The van der Waals surface area contributed by atoms with Crippen molar-refractivity contribution in [1.29, 1.82) is 0 Å². The van der Waals surface area contributed by atoms with Crippen LogP contribution >= 0.6 is 11.8 Å². The first-order valence-corrected chi connectivity index (χ1v) is 14.1. The molecule has 1 saturated heterocycles. The Morgan fingerprint density at radius 2 is 1.90 bits per heavy atom. The molecule has 0 radical (unpaired) electrons. The van der Waals surface area contributed by atoms with Gasteiger partial charge in [-0.15, -0.1) is 5.11 Å². The average Bonchev–Trinajstić information content (AvgIpc) is 2.84. The SMILES string of the molecule is C=C(S/C(N=NC/C=C1/CCC(C(C)=O)N(CC(C)=O)/C1=C/C(C)NS(=O)(=O)C(F)F)=N/N)C(=O)OCC(C)=O. The molecule has 2 unspecified atom stereocenters. The number of nitrogens with zero attached hydrogens (tertiary/aromatic N) is 4. The third-order valence-electron chi connectivity index (χ3n) is 5.09. The number of hydrogen-bond donors (Lipinski definition) is 2. The number of likely N-dealkylation sites (tertiary alicyclic amines) is 1. The number of amidine groups is 1. The average molecular weight is 607 g/mol. The first kappa shape index (κ1) is 34.7. The van der Waals surface area contributed by atoms with Crippen LogP contribution in [0.5, 0.6) is 0 Å². The molecule has 2 atom stereocenters. The Balaban J connectivity index is 3.21. The molecule has 13 nitrogen and oxygen atoms in total. The standard InChI is InChI=1S/C23H32F2N6O7S2/c1-13(30-40(36,37)22(24)25)10-20-18(6-7-19(16(4)34)31(20)11-14(2)32)8-9-27-29-23(28-26)39-17(5)21(35)38-12-15(3)33/h8,10,13,19,22,30H,5-7,9,11-12,26H2,1-4H3/b18-8-,20-10+,28-23+,29-27?. The van der Waals surface area contributed by atoms with Gasteiger partial charge in [-0.05, 0) is 63.9 Å². The lowest BCUT2D eigenvalue weighted by Crippen LogP contribution is -2.46. The molecule has 0 amide bonds. The molecule has 0 saturated carbocycles. The van der Waals surface area contributed by atoms with Gasteiger partial charge >= 0.3 is 11.7 Å². The number of thioether (sulfide) groups is 1. The van der Waals surface area contributed by atoms with Gasteiger partial charge in [-0.1, -0.05) is 12.7 Å². The van der Waals surface area contributed by atoms with Crippen molar-refractivity contribution in [2.75, 3.05) is 19.7 Å². The number of ketones is 3.